The minimum atomic E-state index is 0.458. The molecule has 0 aromatic rings. The fourth-order valence-corrected chi connectivity index (χ4v) is 1.57. The molecule has 60 valence electrons. The molecule has 0 bridgehead atoms. The van der Waals surface area contributed by atoms with E-state index in [4.69, 9.17) is 0 Å². The van der Waals surface area contributed by atoms with Gasteiger partial charge in [-0.15, -0.1) is 0 Å². The van der Waals surface area contributed by atoms with Crippen LogP contribution in [-0.4, -0.2) is 13.3 Å². The first-order valence-corrected chi connectivity index (χ1v) is 4.51. The van der Waals surface area contributed by atoms with E-state index in [1.807, 2.05) is 13.3 Å². The van der Waals surface area contributed by atoms with Crippen LogP contribution in [0.2, 0.25) is 0 Å². The van der Waals surface area contributed by atoms with Crippen molar-refractivity contribution < 1.29 is 0 Å². The Bertz CT molecular complexity index is 216. The normalized spacial score (nSPS) is 31.0. The fourth-order valence-electron chi connectivity index (χ4n) is 1.11. The van der Waals surface area contributed by atoms with Crippen LogP contribution < -0.4 is 0 Å². The van der Waals surface area contributed by atoms with E-state index in [9.17, 15) is 0 Å². The summed E-state index contributed by atoms with van der Waals surface area (Å²) in [5, 5.41) is 0. The second-order valence-electron chi connectivity index (χ2n) is 2.75. The second kappa shape index (κ2) is 3.86. The molecule has 0 heterocycles. The number of hydrogen-bond acceptors (Lipinski definition) is 1. The third-order valence-electron chi connectivity index (χ3n) is 1.84. The maximum Gasteiger partial charge on any atom is 0.0273 e. The lowest BCUT2D eigenvalue weighted by Crippen LogP contribution is -2.11. The van der Waals surface area contributed by atoms with Gasteiger partial charge in [0.15, 0.2) is 0 Å². The molecule has 1 aliphatic carbocycles. The van der Waals surface area contributed by atoms with Gasteiger partial charge in [-0.1, -0.05) is 41.1 Å². The molecule has 11 heavy (non-hydrogen) atoms. The Labute approximate surface area is 76.0 Å². The summed E-state index contributed by atoms with van der Waals surface area (Å²) in [4.78, 5) is 4.02. The Balaban J connectivity index is 2.73. The molecule has 0 aromatic heterocycles. The maximum atomic E-state index is 4.02. The number of allylic oxidation sites excluding steroid dienone is 4. The SMILES string of the molecule is C/N=C\C1C=C(Br)C=C[C@H]1C. The smallest absolute Gasteiger partial charge is 0.0273 e. The zero-order valence-electron chi connectivity index (χ0n) is 6.79. The van der Waals surface area contributed by atoms with Crippen molar-refractivity contribution >= 4 is 22.1 Å². The lowest BCUT2D eigenvalue weighted by atomic mass is 9.91. The van der Waals surface area contributed by atoms with E-state index < -0.39 is 0 Å². The van der Waals surface area contributed by atoms with E-state index in [0.717, 1.165) is 4.48 Å². The van der Waals surface area contributed by atoms with E-state index >= 15 is 0 Å². The van der Waals surface area contributed by atoms with Crippen LogP contribution in [0.4, 0.5) is 0 Å². The maximum absolute atomic E-state index is 4.02. The third kappa shape index (κ3) is 2.29. The number of aliphatic imine (C=N–C) groups is 1. The summed E-state index contributed by atoms with van der Waals surface area (Å²) in [6, 6.07) is 0. The van der Waals surface area contributed by atoms with Gasteiger partial charge in [0, 0.05) is 23.7 Å². The van der Waals surface area contributed by atoms with Gasteiger partial charge < -0.3 is 4.99 Å². The largest absolute Gasteiger partial charge is 0.300 e. The highest BCUT2D eigenvalue weighted by atomic mass is 79.9. The number of rotatable bonds is 1. The molecular formula is C9H12BrN. The zero-order valence-corrected chi connectivity index (χ0v) is 8.38. The van der Waals surface area contributed by atoms with Crippen LogP contribution in [0.5, 0.6) is 0 Å². The van der Waals surface area contributed by atoms with Crippen molar-refractivity contribution in [3.63, 3.8) is 0 Å². The van der Waals surface area contributed by atoms with Crippen molar-refractivity contribution in [2.75, 3.05) is 7.05 Å². The van der Waals surface area contributed by atoms with E-state index in [0.29, 0.717) is 11.8 Å². The van der Waals surface area contributed by atoms with E-state index in [2.05, 4.69) is 46.1 Å². The summed E-state index contributed by atoms with van der Waals surface area (Å²) in [6.07, 6.45) is 8.44. The second-order valence-corrected chi connectivity index (χ2v) is 3.67. The minimum Gasteiger partial charge on any atom is -0.300 e. The van der Waals surface area contributed by atoms with Crippen LogP contribution in [0.25, 0.3) is 0 Å². The minimum absolute atomic E-state index is 0.458. The fraction of sp³-hybridized carbons (Fsp3) is 0.444. The first kappa shape index (κ1) is 8.72. The molecule has 0 N–H and O–H groups in total. The van der Waals surface area contributed by atoms with Crippen molar-refractivity contribution in [1.82, 2.24) is 0 Å². The molecule has 0 saturated heterocycles. The Morgan fingerprint density at radius 1 is 1.64 bits per heavy atom. The van der Waals surface area contributed by atoms with Crippen LogP contribution in [0.3, 0.4) is 0 Å². The van der Waals surface area contributed by atoms with Gasteiger partial charge >= 0.3 is 0 Å². The van der Waals surface area contributed by atoms with Crippen LogP contribution >= 0.6 is 15.9 Å². The van der Waals surface area contributed by atoms with Gasteiger partial charge in [0.2, 0.25) is 0 Å². The molecule has 1 rings (SSSR count). The van der Waals surface area contributed by atoms with E-state index in [-0.39, 0.29) is 0 Å². The number of hydrogen-bond donors (Lipinski definition) is 0. The summed E-state index contributed by atoms with van der Waals surface area (Å²) in [6.45, 7) is 2.19. The van der Waals surface area contributed by atoms with Crippen molar-refractivity contribution in [2.45, 2.75) is 6.92 Å². The summed E-state index contributed by atoms with van der Waals surface area (Å²) < 4.78 is 1.15. The molecule has 0 fully saturated rings. The van der Waals surface area contributed by atoms with Crippen molar-refractivity contribution in [2.24, 2.45) is 16.8 Å². The molecule has 1 nitrogen and oxygen atoms in total. The zero-order chi connectivity index (χ0) is 8.27. The number of nitrogens with zero attached hydrogens (tertiary/aromatic N) is 1. The average Bonchev–Trinajstić information content (AvgIpc) is 1.98. The van der Waals surface area contributed by atoms with Crippen molar-refractivity contribution in [3.05, 3.63) is 22.7 Å². The van der Waals surface area contributed by atoms with E-state index in [1.54, 1.807) is 0 Å². The first-order chi connectivity index (χ1) is 5.24. The first-order valence-electron chi connectivity index (χ1n) is 3.72. The highest BCUT2D eigenvalue weighted by Crippen LogP contribution is 2.23. The Morgan fingerprint density at radius 2 is 2.36 bits per heavy atom. The van der Waals surface area contributed by atoms with Crippen molar-refractivity contribution in [3.8, 4) is 0 Å². The van der Waals surface area contributed by atoms with Crippen molar-refractivity contribution in [1.29, 1.82) is 0 Å². The standard InChI is InChI=1S/C9H12BrN/c1-7-3-4-9(10)5-8(7)6-11-2/h3-8H,1-2H3/b11-6-/t7-,8?/m1/s1. The highest BCUT2D eigenvalue weighted by Gasteiger charge is 2.13. The lowest BCUT2D eigenvalue weighted by molar-refractivity contribution is 0.644. The van der Waals surface area contributed by atoms with Crippen LogP contribution in [0.15, 0.2) is 27.7 Å². The molecule has 0 amide bonds. The van der Waals surface area contributed by atoms with Gasteiger partial charge in [-0.3, -0.25) is 0 Å². The lowest BCUT2D eigenvalue weighted by Gasteiger charge is -2.16. The average molecular weight is 214 g/mol. The van der Waals surface area contributed by atoms with Gasteiger partial charge in [-0.25, -0.2) is 0 Å². The van der Waals surface area contributed by atoms with Crippen LogP contribution in [-0.2, 0) is 0 Å². The summed E-state index contributed by atoms with van der Waals surface area (Å²) >= 11 is 3.44. The van der Waals surface area contributed by atoms with Gasteiger partial charge in [0.05, 0.1) is 0 Å². The molecular weight excluding hydrogens is 202 g/mol. The van der Waals surface area contributed by atoms with Crippen LogP contribution in [0, 0.1) is 11.8 Å². The molecule has 2 atom stereocenters. The Morgan fingerprint density at radius 3 is 3.00 bits per heavy atom. The molecule has 1 aliphatic rings. The molecule has 0 saturated carbocycles. The molecule has 0 spiro atoms. The van der Waals surface area contributed by atoms with Gasteiger partial charge in [-0.2, -0.15) is 0 Å². The highest BCUT2D eigenvalue weighted by molar-refractivity contribution is 9.11. The van der Waals surface area contributed by atoms with Gasteiger partial charge in [0.1, 0.15) is 0 Å². The van der Waals surface area contributed by atoms with Crippen LogP contribution in [0.1, 0.15) is 6.92 Å². The van der Waals surface area contributed by atoms with E-state index in [1.165, 1.54) is 0 Å². The Kier molecular flexibility index (Phi) is 3.06. The third-order valence-corrected chi connectivity index (χ3v) is 2.37. The van der Waals surface area contributed by atoms with Gasteiger partial charge in [0.25, 0.3) is 0 Å². The molecule has 1 unspecified atom stereocenters. The summed E-state index contributed by atoms with van der Waals surface area (Å²) in [5.74, 6) is 1.03. The molecule has 0 aromatic carbocycles. The molecule has 0 aliphatic heterocycles. The molecule has 0 radical (unpaired) electrons. The molecule has 2 heteroatoms. The monoisotopic (exact) mass is 213 g/mol. The number of halogens is 1. The van der Waals surface area contributed by atoms with Gasteiger partial charge in [-0.05, 0) is 5.92 Å². The summed E-state index contributed by atoms with van der Waals surface area (Å²) in [7, 11) is 1.81. The predicted molar refractivity (Wildman–Crippen MR) is 53.2 cm³/mol. The topological polar surface area (TPSA) is 12.4 Å². The Hall–Kier alpha value is -0.370. The predicted octanol–water partition coefficient (Wildman–Crippen LogP) is 2.79. The summed E-state index contributed by atoms with van der Waals surface area (Å²) in [5.41, 5.74) is 0. The quantitative estimate of drug-likeness (QED) is 0.595.